The number of rotatable bonds is 6. The van der Waals surface area contributed by atoms with Crippen molar-refractivity contribution in [3.63, 3.8) is 0 Å². The Hall–Kier alpha value is -1.68. The standard InChI is InChI=1S/C16H24N4O4S/c1-18-8-10-20(11-9-18)7-3-6-17-25(22,23)13-4-5-14-15(12-13)24-16(21)19(14)2/h4-5,12,17H,3,6-11H2,1-2H3. The molecule has 1 saturated heterocycles. The van der Waals surface area contributed by atoms with Gasteiger partial charge in [-0.15, -0.1) is 0 Å². The second-order valence-corrected chi connectivity index (χ2v) is 8.22. The van der Waals surface area contributed by atoms with Crippen LogP contribution in [0.4, 0.5) is 0 Å². The molecule has 3 rings (SSSR count). The Morgan fingerprint density at radius 2 is 1.88 bits per heavy atom. The Labute approximate surface area is 147 Å². The van der Waals surface area contributed by atoms with Crippen LogP contribution in [-0.2, 0) is 17.1 Å². The molecule has 1 aliphatic heterocycles. The van der Waals surface area contributed by atoms with E-state index in [2.05, 4.69) is 21.6 Å². The lowest BCUT2D eigenvalue weighted by atomic mass is 10.3. The van der Waals surface area contributed by atoms with Gasteiger partial charge in [0.15, 0.2) is 5.58 Å². The van der Waals surface area contributed by atoms with Gasteiger partial charge in [0.05, 0.1) is 10.4 Å². The molecule has 0 saturated carbocycles. The number of hydrogen-bond donors (Lipinski definition) is 1. The number of piperazine rings is 1. The molecular formula is C16H24N4O4S. The fourth-order valence-corrected chi connectivity index (χ4v) is 4.03. The molecular weight excluding hydrogens is 344 g/mol. The maximum absolute atomic E-state index is 12.4. The van der Waals surface area contributed by atoms with Gasteiger partial charge in [0, 0.05) is 45.8 Å². The molecule has 2 aromatic rings. The van der Waals surface area contributed by atoms with E-state index in [0.717, 1.165) is 39.1 Å². The molecule has 0 aliphatic carbocycles. The quantitative estimate of drug-likeness (QED) is 0.725. The first kappa shape index (κ1) is 18.1. The molecule has 0 spiro atoms. The zero-order chi connectivity index (χ0) is 18.0. The van der Waals surface area contributed by atoms with Crippen molar-refractivity contribution in [1.29, 1.82) is 0 Å². The van der Waals surface area contributed by atoms with Gasteiger partial charge in [-0.2, -0.15) is 0 Å². The second-order valence-electron chi connectivity index (χ2n) is 6.45. The third kappa shape index (κ3) is 4.12. The molecule has 1 aromatic carbocycles. The van der Waals surface area contributed by atoms with E-state index in [9.17, 15) is 13.2 Å². The average molecular weight is 368 g/mol. The molecule has 2 heterocycles. The summed E-state index contributed by atoms with van der Waals surface area (Å²) < 4.78 is 33.8. The number of likely N-dealkylation sites (N-methyl/N-ethyl adjacent to an activating group) is 1. The number of aromatic nitrogens is 1. The average Bonchev–Trinajstić information content (AvgIpc) is 2.87. The van der Waals surface area contributed by atoms with E-state index < -0.39 is 15.8 Å². The zero-order valence-corrected chi connectivity index (χ0v) is 15.4. The number of nitrogens with one attached hydrogen (secondary N) is 1. The fourth-order valence-electron chi connectivity index (χ4n) is 2.95. The van der Waals surface area contributed by atoms with Gasteiger partial charge in [0.1, 0.15) is 0 Å². The van der Waals surface area contributed by atoms with Crippen molar-refractivity contribution < 1.29 is 12.8 Å². The third-order valence-electron chi connectivity index (χ3n) is 4.61. The molecule has 0 bridgehead atoms. The van der Waals surface area contributed by atoms with Crippen LogP contribution in [0.2, 0.25) is 0 Å². The van der Waals surface area contributed by atoms with Gasteiger partial charge in [0.2, 0.25) is 10.0 Å². The van der Waals surface area contributed by atoms with Crippen LogP contribution in [0.3, 0.4) is 0 Å². The molecule has 1 fully saturated rings. The number of benzene rings is 1. The molecule has 138 valence electrons. The Balaban J connectivity index is 1.57. The first-order valence-corrected chi connectivity index (χ1v) is 9.85. The number of oxazole rings is 1. The summed E-state index contributed by atoms with van der Waals surface area (Å²) in [7, 11) is 0.0754. The number of nitrogens with zero attached hydrogens (tertiary/aromatic N) is 3. The number of aryl methyl sites for hydroxylation is 1. The predicted octanol–water partition coefficient (Wildman–Crippen LogP) is 0.0473. The van der Waals surface area contributed by atoms with Crippen molar-refractivity contribution >= 4 is 21.1 Å². The maximum atomic E-state index is 12.4. The minimum absolute atomic E-state index is 0.106. The van der Waals surface area contributed by atoms with E-state index in [0.29, 0.717) is 12.1 Å². The van der Waals surface area contributed by atoms with Gasteiger partial charge in [0.25, 0.3) is 0 Å². The molecule has 8 nitrogen and oxygen atoms in total. The normalized spacial score (nSPS) is 17.4. The van der Waals surface area contributed by atoms with Crippen molar-refractivity contribution in [2.24, 2.45) is 7.05 Å². The first-order chi connectivity index (χ1) is 11.9. The van der Waals surface area contributed by atoms with Crippen LogP contribution in [0.15, 0.2) is 32.3 Å². The summed E-state index contributed by atoms with van der Waals surface area (Å²) in [5.41, 5.74) is 0.840. The summed E-state index contributed by atoms with van der Waals surface area (Å²) in [4.78, 5) is 16.2. The predicted molar refractivity (Wildman–Crippen MR) is 95.2 cm³/mol. The second kappa shape index (κ2) is 7.28. The summed E-state index contributed by atoms with van der Waals surface area (Å²) >= 11 is 0. The molecule has 1 aromatic heterocycles. The lowest BCUT2D eigenvalue weighted by Crippen LogP contribution is -2.45. The van der Waals surface area contributed by atoms with Crippen molar-refractivity contribution in [3.05, 3.63) is 28.7 Å². The molecule has 1 aliphatic rings. The highest BCUT2D eigenvalue weighted by atomic mass is 32.2. The minimum atomic E-state index is -3.62. The SMILES string of the molecule is CN1CCN(CCCNS(=O)(=O)c2ccc3c(c2)oc(=O)n3C)CC1. The number of sulfonamides is 1. The van der Waals surface area contributed by atoms with Crippen LogP contribution in [0, 0.1) is 0 Å². The van der Waals surface area contributed by atoms with E-state index >= 15 is 0 Å². The van der Waals surface area contributed by atoms with E-state index in [4.69, 9.17) is 4.42 Å². The Kier molecular flexibility index (Phi) is 5.28. The van der Waals surface area contributed by atoms with Gasteiger partial charge in [-0.25, -0.2) is 17.9 Å². The van der Waals surface area contributed by atoms with Gasteiger partial charge >= 0.3 is 5.76 Å². The van der Waals surface area contributed by atoms with Crippen LogP contribution < -0.4 is 10.5 Å². The summed E-state index contributed by atoms with van der Waals surface area (Å²) in [5, 5.41) is 0. The van der Waals surface area contributed by atoms with Gasteiger partial charge in [-0.05, 0) is 32.1 Å². The molecule has 0 radical (unpaired) electrons. The van der Waals surface area contributed by atoms with Crippen molar-refractivity contribution in [2.45, 2.75) is 11.3 Å². The maximum Gasteiger partial charge on any atom is 0.419 e. The van der Waals surface area contributed by atoms with Crippen LogP contribution in [0.25, 0.3) is 11.1 Å². The summed E-state index contributed by atoms with van der Waals surface area (Å²) in [6.45, 7) is 5.40. The highest BCUT2D eigenvalue weighted by Crippen LogP contribution is 2.17. The molecule has 0 atom stereocenters. The van der Waals surface area contributed by atoms with Crippen LogP contribution in [-0.4, -0.2) is 69.1 Å². The zero-order valence-electron chi connectivity index (χ0n) is 14.6. The largest absolute Gasteiger partial charge is 0.419 e. The summed E-state index contributed by atoms with van der Waals surface area (Å²) in [6, 6.07) is 4.46. The van der Waals surface area contributed by atoms with Gasteiger partial charge in [-0.1, -0.05) is 0 Å². The van der Waals surface area contributed by atoms with E-state index in [1.54, 1.807) is 13.1 Å². The van der Waals surface area contributed by atoms with Gasteiger partial charge in [-0.3, -0.25) is 4.57 Å². The lowest BCUT2D eigenvalue weighted by Gasteiger charge is -2.32. The van der Waals surface area contributed by atoms with Crippen molar-refractivity contribution in [3.8, 4) is 0 Å². The highest BCUT2D eigenvalue weighted by Gasteiger charge is 2.17. The lowest BCUT2D eigenvalue weighted by molar-refractivity contribution is 0.153. The number of hydrogen-bond acceptors (Lipinski definition) is 6. The van der Waals surface area contributed by atoms with Crippen LogP contribution >= 0.6 is 0 Å². The first-order valence-electron chi connectivity index (χ1n) is 8.37. The Morgan fingerprint density at radius 3 is 2.60 bits per heavy atom. The Morgan fingerprint density at radius 1 is 1.16 bits per heavy atom. The van der Waals surface area contributed by atoms with E-state index in [-0.39, 0.29) is 10.5 Å². The highest BCUT2D eigenvalue weighted by molar-refractivity contribution is 7.89. The molecule has 0 amide bonds. The fraction of sp³-hybridized carbons (Fsp3) is 0.562. The van der Waals surface area contributed by atoms with E-state index in [1.165, 1.54) is 16.7 Å². The number of fused-ring (bicyclic) bond motifs is 1. The van der Waals surface area contributed by atoms with Crippen LogP contribution in [0.5, 0.6) is 0 Å². The molecule has 9 heteroatoms. The van der Waals surface area contributed by atoms with Crippen molar-refractivity contribution in [1.82, 2.24) is 19.1 Å². The summed E-state index contributed by atoms with van der Waals surface area (Å²) in [5.74, 6) is -0.510. The summed E-state index contributed by atoms with van der Waals surface area (Å²) in [6.07, 6.45) is 0.756. The molecule has 0 unspecified atom stereocenters. The monoisotopic (exact) mass is 368 g/mol. The third-order valence-corrected chi connectivity index (χ3v) is 6.07. The van der Waals surface area contributed by atoms with E-state index in [1.807, 2.05) is 0 Å². The Bertz CT molecular complexity index is 894. The molecule has 1 N–H and O–H groups in total. The molecule has 25 heavy (non-hydrogen) atoms. The van der Waals surface area contributed by atoms with Gasteiger partial charge < -0.3 is 14.2 Å². The van der Waals surface area contributed by atoms with Crippen LogP contribution in [0.1, 0.15) is 6.42 Å². The smallest absolute Gasteiger partial charge is 0.408 e. The van der Waals surface area contributed by atoms with Crippen molar-refractivity contribution in [2.75, 3.05) is 46.3 Å². The minimum Gasteiger partial charge on any atom is -0.408 e. The topological polar surface area (TPSA) is 87.8 Å².